The van der Waals surface area contributed by atoms with Crippen LogP contribution < -0.4 is 29.2 Å². The molecule has 5 rings (SSSR count). The fraction of sp³-hybridized carbons (Fsp3) is 0.200. The highest BCUT2D eigenvalue weighted by molar-refractivity contribution is 6.05. The lowest BCUT2D eigenvalue weighted by atomic mass is 10.1. The van der Waals surface area contributed by atoms with E-state index in [0.717, 1.165) is 5.75 Å². The van der Waals surface area contributed by atoms with Gasteiger partial charge in [0.25, 0.3) is 11.8 Å². The topological polar surface area (TPSA) is 86.3 Å². The van der Waals surface area contributed by atoms with Crippen LogP contribution in [0.4, 0.5) is 11.4 Å². The first-order valence-electron chi connectivity index (χ1n) is 10.6. The van der Waals surface area contributed by atoms with Crippen molar-refractivity contribution < 1.29 is 28.5 Å². The van der Waals surface area contributed by atoms with E-state index in [0.29, 0.717) is 53.8 Å². The van der Waals surface area contributed by atoms with Gasteiger partial charge in [0.2, 0.25) is 6.79 Å². The fourth-order valence-corrected chi connectivity index (χ4v) is 3.70. The van der Waals surface area contributed by atoms with Crippen molar-refractivity contribution in [3.05, 3.63) is 72.3 Å². The maximum absolute atomic E-state index is 12.7. The summed E-state index contributed by atoms with van der Waals surface area (Å²) >= 11 is 0. The van der Waals surface area contributed by atoms with Crippen LogP contribution in [0.1, 0.15) is 16.8 Å². The molecule has 8 heteroatoms. The van der Waals surface area contributed by atoms with Crippen LogP contribution in [0.25, 0.3) is 0 Å². The van der Waals surface area contributed by atoms with E-state index in [1.807, 2.05) is 30.3 Å². The number of carbonyl (C=O) groups is 2. The van der Waals surface area contributed by atoms with Crippen molar-refractivity contribution in [2.24, 2.45) is 0 Å². The van der Waals surface area contributed by atoms with Crippen LogP contribution in [0.15, 0.2) is 66.7 Å². The maximum Gasteiger partial charge on any atom is 0.265 e. The third kappa shape index (κ3) is 4.55. The molecule has 2 aliphatic heterocycles. The minimum absolute atomic E-state index is 0.0184. The number of hydrogen-bond donors (Lipinski definition) is 1. The fourth-order valence-electron chi connectivity index (χ4n) is 3.70. The molecule has 0 saturated heterocycles. The van der Waals surface area contributed by atoms with E-state index < -0.39 is 0 Å². The van der Waals surface area contributed by atoms with Gasteiger partial charge in [-0.1, -0.05) is 18.2 Å². The summed E-state index contributed by atoms with van der Waals surface area (Å²) in [6.45, 7) is 1.08. The Balaban J connectivity index is 1.26. The minimum Gasteiger partial charge on any atom is -0.494 e. The van der Waals surface area contributed by atoms with Gasteiger partial charge < -0.3 is 29.2 Å². The van der Waals surface area contributed by atoms with Gasteiger partial charge >= 0.3 is 0 Å². The number of ether oxygens (including phenoxy) is 4. The highest BCUT2D eigenvalue weighted by Crippen LogP contribution is 2.36. The minimum atomic E-state index is -0.292. The number of nitrogens with zero attached hydrogens (tertiary/aromatic N) is 1. The van der Waals surface area contributed by atoms with Crippen molar-refractivity contribution >= 4 is 23.2 Å². The van der Waals surface area contributed by atoms with Crippen LogP contribution in [0.5, 0.6) is 23.0 Å². The number of anilines is 2. The van der Waals surface area contributed by atoms with Crippen LogP contribution in [0, 0.1) is 0 Å². The molecule has 3 aromatic carbocycles. The molecular formula is C25H22N2O6. The van der Waals surface area contributed by atoms with Crippen molar-refractivity contribution in [3.8, 4) is 23.0 Å². The first-order valence-corrected chi connectivity index (χ1v) is 10.6. The molecule has 0 saturated carbocycles. The summed E-state index contributed by atoms with van der Waals surface area (Å²) in [5.74, 6) is 2.11. The molecule has 0 unspecified atom stereocenters. The number of amides is 2. The Kier molecular flexibility index (Phi) is 5.72. The standard InChI is InChI=1S/C25H22N2O6/c28-24-15-31-21-10-8-18(26-25(29)17-7-9-22-23(13-17)33-16-32-22)14-20(21)27(24)11-4-12-30-19-5-2-1-3-6-19/h1-3,5-10,13-14H,4,11-12,15-16H2,(H,26,29). The predicted octanol–water partition coefficient (Wildman–Crippen LogP) is 3.86. The van der Waals surface area contributed by atoms with Gasteiger partial charge in [0.1, 0.15) is 11.5 Å². The monoisotopic (exact) mass is 446 g/mol. The third-order valence-electron chi connectivity index (χ3n) is 5.33. The van der Waals surface area contributed by atoms with E-state index in [4.69, 9.17) is 18.9 Å². The summed E-state index contributed by atoms with van der Waals surface area (Å²) in [5, 5.41) is 2.87. The van der Waals surface area contributed by atoms with Gasteiger partial charge in [-0.15, -0.1) is 0 Å². The van der Waals surface area contributed by atoms with Crippen molar-refractivity contribution in [3.63, 3.8) is 0 Å². The first-order chi connectivity index (χ1) is 16.2. The normalized spacial score (nSPS) is 13.8. The molecule has 33 heavy (non-hydrogen) atoms. The van der Waals surface area contributed by atoms with E-state index in [1.165, 1.54) is 0 Å². The second kappa shape index (κ2) is 9.12. The summed E-state index contributed by atoms with van der Waals surface area (Å²) in [6.07, 6.45) is 0.647. The Morgan fingerprint density at radius 2 is 1.76 bits per heavy atom. The van der Waals surface area contributed by atoms with Crippen molar-refractivity contribution in [2.45, 2.75) is 6.42 Å². The van der Waals surface area contributed by atoms with Crippen molar-refractivity contribution in [2.75, 3.05) is 36.8 Å². The molecule has 168 valence electrons. The van der Waals surface area contributed by atoms with E-state index in [9.17, 15) is 9.59 Å². The molecular weight excluding hydrogens is 424 g/mol. The second-order valence-corrected chi connectivity index (χ2v) is 7.55. The zero-order valence-corrected chi connectivity index (χ0v) is 17.8. The van der Waals surface area contributed by atoms with Gasteiger partial charge in [0.15, 0.2) is 18.1 Å². The van der Waals surface area contributed by atoms with Crippen LogP contribution in [0.3, 0.4) is 0 Å². The molecule has 0 fully saturated rings. The SMILES string of the molecule is O=C(Nc1ccc2c(c1)N(CCCOc1ccccc1)C(=O)CO2)c1ccc2c(c1)OCO2. The zero-order valence-electron chi connectivity index (χ0n) is 17.8. The van der Waals surface area contributed by atoms with Gasteiger partial charge in [-0.05, 0) is 55.0 Å². The highest BCUT2D eigenvalue weighted by atomic mass is 16.7. The third-order valence-corrected chi connectivity index (χ3v) is 5.33. The van der Waals surface area contributed by atoms with Crippen molar-refractivity contribution in [1.82, 2.24) is 0 Å². The molecule has 0 spiro atoms. The Labute approximate surface area is 190 Å². The largest absolute Gasteiger partial charge is 0.494 e. The number of fused-ring (bicyclic) bond motifs is 2. The molecule has 0 bridgehead atoms. The van der Waals surface area contributed by atoms with E-state index in [2.05, 4.69) is 5.32 Å². The number of rotatable bonds is 7. The summed E-state index contributed by atoms with van der Waals surface area (Å²) in [4.78, 5) is 26.9. The summed E-state index contributed by atoms with van der Waals surface area (Å²) < 4.78 is 21.9. The summed E-state index contributed by atoms with van der Waals surface area (Å²) in [6, 6.07) is 19.8. The summed E-state index contributed by atoms with van der Waals surface area (Å²) in [7, 11) is 0. The Hall–Kier alpha value is -4.20. The number of carbonyl (C=O) groups excluding carboxylic acids is 2. The van der Waals surface area contributed by atoms with E-state index in [-0.39, 0.29) is 25.2 Å². The van der Waals surface area contributed by atoms with Crippen molar-refractivity contribution in [1.29, 1.82) is 0 Å². The average Bonchev–Trinajstić information content (AvgIpc) is 3.31. The molecule has 8 nitrogen and oxygen atoms in total. The van der Waals surface area contributed by atoms with Gasteiger partial charge in [0.05, 0.1) is 12.3 Å². The molecule has 0 atom stereocenters. The maximum atomic E-state index is 12.7. The summed E-state index contributed by atoms with van der Waals surface area (Å²) in [5.41, 5.74) is 1.62. The van der Waals surface area contributed by atoms with Gasteiger partial charge in [-0.2, -0.15) is 0 Å². The number of nitrogens with one attached hydrogen (secondary N) is 1. The molecule has 0 aromatic heterocycles. The van der Waals surface area contributed by atoms with E-state index >= 15 is 0 Å². The van der Waals surface area contributed by atoms with Gasteiger partial charge in [0, 0.05) is 17.8 Å². The second-order valence-electron chi connectivity index (χ2n) is 7.55. The Bertz CT molecular complexity index is 1180. The molecule has 0 aliphatic carbocycles. The first kappa shape index (κ1) is 20.7. The van der Waals surface area contributed by atoms with Gasteiger partial charge in [-0.25, -0.2) is 0 Å². The Morgan fingerprint density at radius 1 is 0.939 bits per heavy atom. The molecule has 2 heterocycles. The van der Waals surface area contributed by atoms with E-state index in [1.54, 1.807) is 41.3 Å². The highest BCUT2D eigenvalue weighted by Gasteiger charge is 2.26. The molecule has 2 aliphatic rings. The van der Waals surface area contributed by atoms with Gasteiger partial charge in [-0.3, -0.25) is 9.59 Å². The molecule has 0 radical (unpaired) electrons. The molecule has 3 aromatic rings. The van der Waals surface area contributed by atoms with Crippen LogP contribution in [-0.4, -0.2) is 38.4 Å². The zero-order chi connectivity index (χ0) is 22.6. The smallest absolute Gasteiger partial charge is 0.265 e. The molecule has 2 amide bonds. The number of hydrogen-bond acceptors (Lipinski definition) is 6. The quantitative estimate of drug-likeness (QED) is 0.555. The van der Waals surface area contributed by atoms with Crippen LogP contribution >= 0.6 is 0 Å². The van der Waals surface area contributed by atoms with Crippen LogP contribution in [0.2, 0.25) is 0 Å². The lowest BCUT2D eigenvalue weighted by Crippen LogP contribution is -2.39. The lowest BCUT2D eigenvalue weighted by Gasteiger charge is -2.30. The molecule has 1 N–H and O–H groups in total. The number of benzene rings is 3. The predicted molar refractivity (Wildman–Crippen MR) is 121 cm³/mol. The van der Waals surface area contributed by atoms with Crippen LogP contribution in [-0.2, 0) is 4.79 Å². The number of para-hydroxylation sites is 1. The Morgan fingerprint density at radius 3 is 2.64 bits per heavy atom. The lowest BCUT2D eigenvalue weighted by molar-refractivity contribution is -0.121. The average molecular weight is 446 g/mol.